The third-order valence-corrected chi connectivity index (χ3v) is 4.68. The number of rotatable bonds is 8. The number of carboxylic acids is 2. The van der Waals surface area contributed by atoms with Crippen LogP contribution in [0.2, 0.25) is 0 Å². The Morgan fingerprint density at radius 2 is 1.97 bits per heavy atom. The van der Waals surface area contributed by atoms with Gasteiger partial charge in [0.25, 0.3) is 11.5 Å². The molecular weight excluding hydrogens is 408 g/mol. The summed E-state index contributed by atoms with van der Waals surface area (Å²) in [5, 5.41) is 20.2. The second-order valence-corrected chi connectivity index (χ2v) is 6.83. The molecule has 0 fully saturated rings. The first-order chi connectivity index (χ1) is 14.7. The Kier molecular flexibility index (Phi) is 6.29. The van der Waals surface area contributed by atoms with E-state index in [9.17, 15) is 19.2 Å². The first kappa shape index (κ1) is 21.5. The molecule has 1 aromatic carbocycles. The Balaban J connectivity index is 1.69. The van der Waals surface area contributed by atoms with E-state index in [1.54, 1.807) is 23.0 Å². The molecule has 1 aliphatic heterocycles. The second kappa shape index (κ2) is 9.07. The standard InChI is InChI=1S/C19H20N6O6/c20-19-21-9-14(17(29)23-19)25-8-7-24(10-25)12-3-1-11(2-4-12)16(28)22-13(18(30)31)5-6-15(26)27/h1-4,9-10,13H,5-8H2,(H5-,20,21,22,23,26,27,28,29,30,31)/p+1. The lowest BCUT2D eigenvalue weighted by Gasteiger charge is -2.14. The van der Waals surface area contributed by atoms with Gasteiger partial charge in [0.05, 0.1) is 6.20 Å². The number of carboxylic acid groups (broad SMARTS) is 2. The van der Waals surface area contributed by atoms with Crippen molar-refractivity contribution in [3.63, 3.8) is 0 Å². The van der Waals surface area contributed by atoms with Gasteiger partial charge in [-0.3, -0.25) is 19.4 Å². The van der Waals surface area contributed by atoms with E-state index < -0.39 is 23.9 Å². The number of H-pyrrole nitrogens is 1. The monoisotopic (exact) mass is 429 g/mol. The molecule has 2 aromatic rings. The fourth-order valence-corrected chi connectivity index (χ4v) is 3.06. The number of benzene rings is 1. The predicted molar refractivity (Wildman–Crippen MR) is 110 cm³/mol. The van der Waals surface area contributed by atoms with Crippen LogP contribution in [0.25, 0.3) is 0 Å². The molecule has 2 heterocycles. The third-order valence-electron chi connectivity index (χ3n) is 4.68. The number of carbonyl (C=O) groups excluding carboxylic acids is 1. The second-order valence-electron chi connectivity index (χ2n) is 6.83. The highest BCUT2D eigenvalue weighted by Crippen LogP contribution is 2.18. The molecule has 1 amide bonds. The molecule has 1 unspecified atom stereocenters. The number of nitrogens with one attached hydrogen (secondary N) is 2. The van der Waals surface area contributed by atoms with Crippen molar-refractivity contribution in [1.29, 1.82) is 0 Å². The highest BCUT2D eigenvalue weighted by molar-refractivity contribution is 5.97. The van der Waals surface area contributed by atoms with Crippen molar-refractivity contribution in [2.24, 2.45) is 0 Å². The lowest BCUT2D eigenvalue weighted by atomic mass is 10.1. The fraction of sp³-hybridized carbons (Fsp3) is 0.263. The number of aliphatic carboxylic acids is 2. The summed E-state index contributed by atoms with van der Waals surface area (Å²) in [5.41, 5.74) is 6.46. The molecule has 3 rings (SSSR count). The SMILES string of the molecule is Nc1ncc([N+]2=CN(c3ccc(C(=O)NC(CCC(=O)O)C(=O)O)cc3)CC2)c(=O)[nH]1. The van der Waals surface area contributed by atoms with Gasteiger partial charge in [-0.05, 0) is 30.7 Å². The van der Waals surface area contributed by atoms with E-state index in [0.717, 1.165) is 5.69 Å². The molecule has 12 heteroatoms. The summed E-state index contributed by atoms with van der Waals surface area (Å²) in [6.45, 7) is 1.13. The number of aromatic nitrogens is 2. The highest BCUT2D eigenvalue weighted by atomic mass is 16.4. The van der Waals surface area contributed by atoms with Crippen LogP contribution in [0.15, 0.2) is 35.3 Å². The zero-order valence-electron chi connectivity index (χ0n) is 16.3. The maximum atomic E-state index is 12.3. The van der Waals surface area contributed by atoms with Crippen LogP contribution >= 0.6 is 0 Å². The maximum absolute atomic E-state index is 12.3. The largest absolute Gasteiger partial charge is 0.481 e. The number of hydrogen-bond donors (Lipinski definition) is 5. The normalized spacial score (nSPS) is 14.1. The van der Waals surface area contributed by atoms with Gasteiger partial charge in [-0.1, -0.05) is 0 Å². The van der Waals surface area contributed by atoms with Gasteiger partial charge in [0.2, 0.25) is 18.0 Å². The molecule has 0 saturated heterocycles. The smallest absolute Gasteiger partial charge is 0.326 e. The van der Waals surface area contributed by atoms with Crippen LogP contribution in [-0.4, -0.2) is 68.1 Å². The average molecular weight is 429 g/mol. The number of carbonyl (C=O) groups is 3. The Morgan fingerprint density at radius 3 is 2.58 bits per heavy atom. The summed E-state index contributed by atoms with van der Waals surface area (Å²) in [5.74, 6) is -3.02. The van der Waals surface area contributed by atoms with Crippen LogP contribution in [0.5, 0.6) is 0 Å². The van der Waals surface area contributed by atoms with Crippen molar-refractivity contribution >= 4 is 41.5 Å². The Labute approximate surface area is 175 Å². The number of nitrogens with two attached hydrogens (primary N) is 1. The Bertz CT molecular complexity index is 1090. The van der Waals surface area contributed by atoms with E-state index in [-0.39, 0.29) is 29.9 Å². The molecule has 0 spiro atoms. The van der Waals surface area contributed by atoms with E-state index in [2.05, 4.69) is 15.3 Å². The average Bonchev–Trinajstić information content (AvgIpc) is 3.20. The number of nitrogens with zero attached hydrogens (tertiary/aromatic N) is 3. The molecular formula is C19H21N6O6+. The summed E-state index contributed by atoms with van der Waals surface area (Å²) in [4.78, 5) is 54.5. The number of nitrogen functional groups attached to an aromatic ring is 1. The van der Waals surface area contributed by atoms with Crippen LogP contribution in [-0.2, 0) is 9.59 Å². The molecule has 0 bridgehead atoms. The molecule has 162 valence electrons. The van der Waals surface area contributed by atoms with E-state index >= 15 is 0 Å². The number of hydrogen-bond acceptors (Lipinski definition) is 7. The van der Waals surface area contributed by atoms with Crippen LogP contribution < -0.4 is 21.5 Å². The zero-order valence-corrected chi connectivity index (χ0v) is 16.3. The van der Waals surface area contributed by atoms with Gasteiger partial charge in [0.15, 0.2) is 0 Å². The van der Waals surface area contributed by atoms with Crippen molar-refractivity contribution in [1.82, 2.24) is 15.3 Å². The summed E-state index contributed by atoms with van der Waals surface area (Å²) in [6.07, 6.45) is 2.55. The molecule has 1 aromatic heterocycles. The summed E-state index contributed by atoms with van der Waals surface area (Å²) in [6, 6.07) is 5.15. The van der Waals surface area contributed by atoms with Crippen molar-refractivity contribution in [2.75, 3.05) is 23.7 Å². The topological polar surface area (TPSA) is 182 Å². The minimum Gasteiger partial charge on any atom is -0.481 e. The van der Waals surface area contributed by atoms with Crippen molar-refractivity contribution in [2.45, 2.75) is 18.9 Å². The van der Waals surface area contributed by atoms with Crippen LogP contribution in [0, 0.1) is 0 Å². The molecule has 6 N–H and O–H groups in total. The van der Waals surface area contributed by atoms with Crippen molar-refractivity contribution in [3.05, 3.63) is 46.4 Å². The maximum Gasteiger partial charge on any atom is 0.326 e. The van der Waals surface area contributed by atoms with E-state index in [4.69, 9.17) is 15.9 Å². The van der Waals surface area contributed by atoms with Gasteiger partial charge >= 0.3 is 11.9 Å². The minimum atomic E-state index is -1.30. The molecule has 0 saturated carbocycles. The zero-order chi connectivity index (χ0) is 22.5. The van der Waals surface area contributed by atoms with Crippen molar-refractivity contribution in [3.8, 4) is 0 Å². The number of anilines is 2. The van der Waals surface area contributed by atoms with E-state index in [1.807, 2.05) is 4.90 Å². The number of amides is 1. The molecule has 1 atom stereocenters. The highest BCUT2D eigenvalue weighted by Gasteiger charge is 2.25. The van der Waals surface area contributed by atoms with Crippen molar-refractivity contribution < 1.29 is 29.2 Å². The summed E-state index contributed by atoms with van der Waals surface area (Å²) >= 11 is 0. The summed E-state index contributed by atoms with van der Waals surface area (Å²) in [7, 11) is 0. The van der Waals surface area contributed by atoms with Crippen LogP contribution in [0.1, 0.15) is 23.2 Å². The van der Waals surface area contributed by atoms with Gasteiger partial charge in [0, 0.05) is 12.0 Å². The quantitative estimate of drug-likeness (QED) is 0.348. The molecule has 0 aliphatic carbocycles. The minimum absolute atomic E-state index is 0.0340. The lowest BCUT2D eigenvalue weighted by Crippen LogP contribution is -2.41. The fourth-order valence-electron chi connectivity index (χ4n) is 3.06. The molecule has 31 heavy (non-hydrogen) atoms. The molecule has 0 radical (unpaired) electrons. The third kappa shape index (κ3) is 5.23. The predicted octanol–water partition coefficient (Wildman–Crippen LogP) is -0.408. The van der Waals surface area contributed by atoms with Gasteiger partial charge in [-0.15, -0.1) is 0 Å². The van der Waals surface area contributed by atoms with Gasteiger partial charge < -0.3 is 21.3 Å². The lowest BCUT2D eigenvalue weighted by molar-refractivity contribution is -0.425. The Hall–Kier alpha value is -4.22. The summed E-state index contributed by atoms with van der Waals surface area (Å²) < 4.78 is 1.73. The van der Waals surface area contributed by atoms with E-state index in [0.29, 0.717) is 18.8 Å². The van der Waals surface area contributed by atoms with Crippen LogP contribution in [0.3, 0.4) is 0 Å². The first-order valence-corrected chi connectivity index (χ1v) is 9.33. The van der Waals surface area contributed by atoms with E-state index in [1.165, 1.54) is 18.3 Å². The van der Waals surface area contributed by atoms with Gasteiger partial charge in [-0.25, -0.2) is 19.3 Å². The van der Waals surface area contributed by atoms with Gasteiger partial charge in [-0.2, -0.15) is 0 Å². The van der Waals surface area contributed by atoms with Crippen LogP contribution in [0.4, 0.5) is 17.3 Å². The Morgan fingerprint density at radius 1 is 1.26 bits per heavy atom. The molecule has 1 aliphatic rings. The first-order valence-electron chi connectivity index (χ1n) is 9.33. The number of aromatic amines is 1. The van der Waals surface area contributed by atoms with Gasteiger partial charge in [0.1, 0.15) is 24.8 Å². The molecule has 12 nitrogen and oxygen atoms in total.